The lowest BCUT2D eigenvalue weighted by Crippen LogP contribution is -2.38. The van der Waals surface area contributed by atoms with Gasteiger partial charge >= 0.3 is 0 Å². The molecule has 1 aromatic carbocycles. The van der Waals surface area contributed by atoms with E-state index in [1.807, 2.05) is 7.05 Å². The molecule has 0 aliphatic heterocycles. The van der Waals surface area contributed by atoms with Crippen LogP contribution in [0.5, 0.6) is 5.75 Å². The first-order valence-electron chi connectivity index (χ1n) is 7.37. The first-order valence-corrected chi connectivity index (χ1v) is 7.37. The Morgan fingerprint density at radius 3 is 2.57 bits per heavy atom. The van der Waals surface area contributed by atoms with Crippen molar-refractivity contribution in [2.75, 3.05) is 13.7 Å². The largest absolute Gasteiger partial charge is 0.483 e. The highest BCUT2D eigenvalue weighted by Crippen LogP contribution is 2.25. The summed E-state index contributed by atoms with van der Waals surface area (Å²) in [5, 5.41) is 0. The van der Waals surface area contributed by atoms with Gasteiger partial charge in [-0.05, 0) is 25.0 Å². The molecule has 0 saturated heterocycles. The lowest BCUT2D eigenvalue weighted by molar-refractivity contribution is -0.119. The molecule has 5 nitrogen and oxygen atoms in total. The molecular formula is C16H22N2O3. The Kier molecular flexibility index (Phi) is 5.20. The molecule has 21 heavy (non-hydrogen) atoms. The Hall–Kier alpha value is -2.04. The molecule has 114 valence electrons. The minimum absolute atomic E-state index is 0.0676. The molecule has 0 aromatic heterocycles. The maximum Gasteiger partial charge on any atom is 0.257 e. The molecule has 1 aromatic rings. The van der Waals surface area contributed by atoms with E-state index in [2.05, 4.69) is 0 Å². The quantitative estimate of drug-likeness (QED) is 0.901. The fraction of sp³-hybridized carbons (Fsp3) is 0.500. The van der Waals surface area contributed by atoms with Gasteiger partial charge in [0.1, 0.15) is 5.75 Å². The number of ether oxygens (including phenoxy) is 1. The minimum atomic E-state index is -0.558. The molecular weight excluding hydrogens is 268 g/mol. The van der Waals surface area contributed by atoms with Crippen molar-refractivity contribution < 1.29 is 14.3 Å². The van der Waals surface area contributed by atoms with Crippen LogP contribution in [0, 0.1) is 0 Å². The molecule has 0 bridgehead atoms. The second-order valence-electron chi connectivity index (χ2n) is 5.46. The van der Waals surface area contributed by atoms with E-state index in [1.54, 1.807) is 29.2 Å². The van der Waals surface area contributed by atoms with Crippen molar-refractivity contribution in [2.45, 2.75) is 38.1 Å². The number of nitrogens with two attached hydrogens (primary N) is 1. The minimum Gasteiger partial charge on any atom is -0.483 e. The molecule has 2 amide bonds. The van der Waals surface area contributed by atoms with E-state index in [4.69, 9.17) is 10.5 Å². The SMILES string of the molecule is CN(C(=O)c1ccccc1OCC(N)=O)C1CCCCC1. The van der Waals surface area contributed by atoms with Gasteiger partial charge in [-0.15, -0.1) is 0 Å². The van der Waals surface area contributed by atoms with Gasteiger partial charge in [-0.3, -0.25) is 9.59 Å². The van der Waals surface area contributed by atoms with E-state index in [9.17, 15) is 9.59 Å². The van der Waals surface area contributed by atoms with Crippen molar-refractivity contribution in [1.29, 1.82) is 0 Å². The van der Waals surface area contributed by atoms with Crippen LogP contribution >= 0.6 is 0 Å². The second-order valence-corrected chi connectivity index (χ2v) is 5.46. The van der Waals surface area contributed by atoms with Crippen LogP contribution in [0.3, 0.4) is 0 Å². The second kappa shape index (κ2) is 7.11. The highest BCUT2D eigenvalue weighted by molar-refractivity contribution is 5.97. The van der Waals surface area contributed by atoms with Crippen molar-refractivity contribution in [2.24, 2.45) is 5.73 Å². The van der Waals surface area contributed by atoms with Crippen LogP contribution in [0.15, 0.2) is 24.3 Å². The normalized spacial score (nSPS) is 15.5. The van der Waals surface area contributed by atoms with Crippen molar-refractivity contribution in [3.63, 3.8) is 0 Å². The number of nitrogens with zero attached hydrogens (tertiary/aromatic N) is 1. The predicted molar refractivity (Wildman–Crippen MR) is 80.1 cm³/mol. The number of hydrogen-bond donors (Lipinski definition) is 1. The Bertz CT molecular complexity index is 510. The van der Waals surface area contributed by atoms with Gasteiger partial charge in [-0.1, -0.05) is 31.4 Å². The number of para-hydroxylation sites is 1. The molecule has 0 radical (unpaired) electrons. The van der Waals surface area contributed by atoms with E-state index in [1.165, 1.54) is 19.3 Å². The van der Waals surface area contributed by atoms with E-state index in [0.717, 1.165) is 12.8 Å². The van der Waals surface area contributed by atoms with Gasteiger partial charge in [0.2, 0.25) is 0 Å². The molecule has 2 N–H and O–H groups in total. The summed E-state index contributed by atoms with van der Waals surface area (Å²) in [5.74, 6) is -0.219. The number of hydrogen-bond acceptors (Lipinski definition) is 3. The lowest BCUT2D eigenvalue weighted by atomic mass is 9.94. The fourth-order valence-electron chi connectivity index (χ4n) is 2.74. The predicted octanol–water partition coefficient (Wildman–Crippen LogP) is 1.96. The van der Waals surface area contributed by atoms with Crippen LogP contribution in [0.25, 0.3) is 0 Å². The molecule has 2 rings (SSSR count). The Morgan fingerprint density at radius 2 is 1.90 bits per heavy atom. The van der Waals surface area contributed by atoms with Gasteiger partial charge in [0.25, 0.3) is 11.8 Å². The third-order valence-corrected chi connectivity index (χ3v) is 3.93. The summed E-state index contributed by atoms with van der Waals surface area (Å²) in [6.07, 6.45) is 5.68. The van der Waals surface area contributed by atoms with Crippen LogP contribution in [-0.4, -0.2) is 36.4 Å². The van der Waals surface area contributed by atoms with Crippen LogP contribution in [0.1, 0.15) is 42.5 Å². The van der Waals surface area contributed by atoms with E-state index in [-0.39, 0.29) is 18.6 Å². The maximum atomic E-state index is 12.6. The number of carbonyl (C=O) groups is 2. The van der Waals surface area contributed by atoms with Gasteiger partial charge in [0, 0.05) is 13.1 Å². The standard InChI is InChI=1S/C16H22N2O3/c1-18(12-7-3-2-4-8-12)16(20)13-9-5-6-10-14(13)21-11-15(17)19/h5-6,9-10,12H,2-4,7-8,11H2,1H3,(H2,17,19). The molecule has 5 heteroatoms. The molecule has 1 fully saturated rings. The number of carbonyl (C=O) groups excluding carboxylic acids is 2. The summed E-state index contributed by atoms with van der Waals surface area (Å²) in [7, 11) is 1.84. The lowest BCUT2D eigenvalue weighted by Gasteiger charge is -2.31. The van der Waals surface area contributed by atoms with Gasteiger partial charge in [0.15, 0.2) is 6.61 Å². The monoisotopic (exact) mass is 290 g/mol. The number of benzene rings is 1. The average Bonchev–Trinajstić information content (AvgIpc) is 2.52. The van der Waals surface area contributed by atoms with E-state index in [0.29, 0.717) is 11.3 Å². The van der Waals surface area contributed by atoms with Crippen molar-refractivity contribution in [3.8, 4) is 5.75 Å². The van der Waals surface area contributed by atoms with Gasteiger partial charge in [0.05, 0.1) is 5.56 Å². The summed E-state index contributed by atoms with van der Waals surface area (Å²) >= 11 is 0. The summed E-state index contributed by atoms with van der Waals surface area (Å²) in [5.41, 5.74) is 5.56. The third kappa shape index (κ3) is 3.97. The first kappa shape index (κ1) is 15.4. The molecule has 0 spiro atoms. The van der Waals surface area contributed by atoms with E-state index < -0.39 is 5.91 Å². The van der Waals surface area contributed by atoms with Crippen LogP contribution in [0.2, 0.25) is 0 Å². The number of primary amides is 1. The number of amides is 2. The van der Waals surface area contributed by atoms with Crippen molar-refractivity contribution in [1.82, 2.24) is 4.90 Å². The smallest absolute Gasteiger partial charge is 0.257 e. The average molecular weight is 290 g/mol. The highest BCUT2D eigenvalue weighted by atomic mass is 16.5. The zero-order valence-corrected chi connectivity index (χ0v) is 12.4. The van der Waals surface area contributed by atoms with Crippen LogP contribution in [0.4, 0.5) is 0 Å². The zero-order chi connectivity index (χ0) is 15.2. The summed E-state index contributed by atoms with van der Waals surface area (Å²) in [6.45, 7) is -0.225. The first-order chi connectivity index (χ1) is 10.1. The summed E-state index contributed by atoms with van der Waals surface area (Å²) in [6, 6.07) is 7.26. The van der Waals surface area contributed by atoms with E-state index >= 15 is 0 Å². The Balaban J connectivity index is 2.12. The van der Waals surface area contributed by atoms with Crippen molar-refractivity contribution >= 4 is 11.8 Å². The molecule has 0 unspecified atom stereocenters. The van der Waals surface area contributed by atoms with Crippen LogP contribution < -0.4 is 10.5 Å². The highest BCUT2D eigenvalue weighted by Gasteiger charge is 2.24. The van der Waals surface area contributed by atoms with Gasteiger partial charge in [-0.25, -0.2) is 0 Å². The molecule has 1 saturated carbocycles. The summed E-state index contributed by atoms with van der Waals surface area (Å²) in [4.78, 5) is 25.3. The number of rotatable bonds is 5. The fourth-order valence-corrected chi connectivity index (χ4v) is 2.74. The maximum absolute atomic E-state index is 12.6. The zero-order valence-electron chi connectivity index (χ0n) is 12.4. The topological polar surface area (TPSA) is 72.6 Å². The molecule has 1 aliphatic carbocycles. The Labute approximate surface area is 125 Å². The third-order valence-electron chi connectivity index (χ3n) is 3.93. The molecule has 1 aliphatic rings. The molecule has 0 atom stereocenters. The van der Waals surface area contributed by atoms with Crippen LogP contribution in [-0.2, 0) is 4.79 Å². The van der Waals surface area contributed by atoms with Gasteiger partial charge in [-0.2, -0.15) is 0 Å². The van der Waals surface area contributed by atoms with Gasteiger partial charge < -0.3 is 15.4 Å². The Morgan fingerprint density at radius 1 is 1.24 bits per heavy atom. The van der Waals surface area contributed by atoms with Crippen molar-refractivity contribution in [3.05, 3.63) is 29.8 Å². The summed E-state index contributed by atoms with van der Waals surface area (Å²) < 4.78 is 5.34. The molecule has 0 heterocycles.